The molecule has 1 aromatic rings. The van der Waals surface area contributed by atoms with Crippen LogP contribution in [0.1, 0.15) is 58.9 Å². The van der Waals surface area contributed by atoms with Crippen LogP contribution in [-0.4, -0.2) is 59.6 Å². The van der Waals surface area contributed by atoms with E-state index in [1.165, 1.54) is 0 Å². The molecule has 1 unspecified atom stereocenters. The van der Waals surface area contributed by atoms with Crippen molar-refractivity contribution >= 4 is 12.0 Å². The Labute approximate surface area is 187 Å². The zero-order valence-electron chi connectivity index (χ0n) is 19.7. The average molecular weight is 430 g/mol. The highest BCUT2D eigenvalue weighted by Crippen LogP contribution is 2.37. The molecule has 6 nitrogen and oxygen atoms in total. The second-order valence-corrected chi connectivity index (χ2v) is 9.78. The molecule has 0 aromatic heterocycles. The molecule has 3 rings (SSSR count). The normalized spacial score (nSPS) is 26.7. The summed E-state index contributed by atoms with van der Waals surface area (Å²) in [5.74, 6) is 1.04. The fourth-order valence-corrected chi connectivity index (χ4v) is 5.13. The van der Waals surface area contributed by atoms with Crippen LogP contribution in [-0.2, 0) is 16.1 Å². The van der Waals surface area contributed by atoms with Gasteiger partial charge in [-0.25, -0.2) is 4.79 Å². The molecule has 1 N–H and O–H groups in total. The van der Waals surface area contributed by atoms with E-state index in [0.717, 1.165) is 24.8 Å². The minimum Gasteiger partial charge on any atom is -0.445 e. The van der Waals surface area contributed by atoms with E-state index in [1.54, 1.807) is 0 Å². The second-order valence-electron chi connectivity index (χ2n) is 9.78. The molecule has 1 aromatic carbocycles. The highest BCUT2D eigenvalue weighted by molar-refractivity contribution is 5.87. The third kappa shape index (κ3) is 5.79. The van der Waals surface area contributed by atoms with Gasteiger partial charge < -0.3 is 19.9 Å². The van der Waals surface area contributed by atoms with Crippen LogP contribution in [0.5, 0.6) is 0 Å². The highest BCUT2D eigenvalue weighted by Gasteiger charge is 2.43. The van der Waals surface area contributed by atoms with Crippen LogP contribution in [0.25, 0.3) is 0 Å². The Morgan fingerprint density at radius 3 is 2.52 bits per heavy atom. The largest absolute Gasteiger partial charge is 0.445 e. The molecule has 2 fully saturated rings. The standard InChI is InChI=1S/C25H39N3O3/c1-17(2)21-15-20(27(5)18(3)4)11-12-23(21)28-14-13-22(24(28)29)26-25(30)31-16-19-9-7-6-8-10-19/h6-10,17-18,20-23H,11-16H2,1-5H3,(H,26,30)/t20-,21-,22?,23-/m0/s1. The number of alkyl carbamates (subject to hydrolysis) is 1. The monoisotopic (exact) mass is 429 g/mol. The molecule has 1 aliphatic heterocycles. The van der Waals surface area contributed by atoms with Crippen LogP contribution in [0.15, 0.2) is 30.3 Å². The van der Waals surface area contributed by atoms with Crippen molar-refractivity contribution in [3.8, 4) is 0 Å². The lowest BCUT2D eigenvalue weighted by Crippen LogP contribution is -2.52. The molecule has 0 bridgehead atoms. The minimum atomic E-state index is -0.522. The van der Waals surface area contributed by atoms with Gasteiger partial charge >= 0.3 is 6.09 Å². The summed E-state index contributed by atoms with van der Waals surface area (Å²) in [6.45, 7) is 9.95. The smallest absolute Gasteiger partial charge is 0.408 e. The van der Waals surface area contributed by atoms with Gasteiger partial charge in [0.05, 0.1) is 0 Å². The van der Waals surface area contributed by atoms with Crippen molar-refractivity contribution in [2.75, 3.05) is 13.6 Å². The van der Waals surface area contributed by atoms with Gasteiger partial charge in [-0.05, 0) is 64.0 Å². The van der Waals surface area contributed by atoms with E-state index in [1.807, 2.05) is 35.2 Å². The van der Waals surface area contributed by atoms with Gasteiger partial charge in [0.1, 0.15) is 12.6 Å². The number of carbonyl (C=O) groups is 2. The van der Waals surface area contributed by atoms with Gasteiger partial charge in [0.15, 0.2) is 0 Å². The Hall–Kier alpha value is -2.08. The molecule has 2 amide bonds. The van der Waals surface area contributed by atoms with Crippen molar-refractivity contribution < 1.29 is 14.3 Å². The summed E-state index contributed by atoms with van der Waals surface area (Å²) in [6, 6.07) is 10.4. The summed E-state index contributed by atoms with van der Waals surface area (Å²) in [7, 11) is 2.22. The molecular formula is C25H39N3O3. The van der Waals surface area contributed by atoms with E-state index >= 15 is 0 Å². The second kappa shape index (κ2) is 10.5. The van der Waals surface area contributed by atoms with Crippen molar-refractivity contribution in [2.45, 2.75) is 84.2 Å². The Bertz CT molecular complexity index is 737. The van der Waals surface area contributed by atoms with Crippen LogP contribution in [0.4, 0.5) is 4.79 Å². The molecule has 1 saturated carbocycles. The third-order valence-corrected chi connectivity index (χ3v) is 7.23. The predicted molar refractivity (Wildman–Crippen MR) is 123 cm³/mol. The summed E-state index contributed by atoms with van der Waals surface area (Å²) >= 11 is 0. The first kappa shape index (κ1) is 23.6. The predicted octanol–water partition coefficient (Wildman–Crippen LogP) is 4.05. The maximum Gasteiger partial charge on any atom is 0.408 e. The molecule has 1 aliphatic carbocycles. The number of amides is 2. The van der Waals surface area contributed by atoms with Crippen molar-refractivity contribution in [1.29, 1.82) is 0 Å². The number of nitrogens with one attached hydrogen (secondary N) is 1. The van der Waals surface area contributed by atoms with Crippen molar-refractivity contribution in [3.63, 3.8) is 0 Å². The third-order valence-electron chi connectivity index (χ3n) is 7.23. The number of nitrogens with zero attached hydrogens (tertiary/aromatic N) is 2. The molecule has 0 radical (unpaired) electrons. The number of rotatable bonds is 7. The van der Waals surface area contributed by atoms with Crippen molar-refractivity contribution in [1.82, 2.24) is 15.1 Å². The summed E-state index contributed by atoms with van der Waals surface area (Å²) in [4.78, 5) is 29.9. The minimum absolute atomic E-state index is 0.0444. The van der Waals surface area contributed by atoms with Gasteiger partial charge in [0, 0.05) is 24.7 Å². The number of likely N-dealkylation sites (tertiary alicyclic amines) is 1. The topological polar surface area (TPSA) is 61.9 Å². The number of hydrogen-bond donors (Lipinski definition) is 1. The highest BCUT2D eigenvalue weighted by atomic mass is 16.5. The molecule has 2 aliphatic rings. The SMILES string of the molecule is CC(C)[C@@H]1C[C@@H](N(C)C(C)C)CC[C@@H]1N1CCC(NC(=O)OCc2ccccc2)C1=O. The Balaban J connectivity index is 1.56. The van der Waals surface area contributed by atoms with Gasteiger partial charge in [-0.1, -0.05) is 44.2 Å². The van der Waals surface area contributed by atoms with E-state index in [4.69, 9.17) is 4.74 Å². The van der Waals surface area contributed by atoms with Crippen LogP contribution in [0, 0.1) is 11.8 Å². The first-order valence-electron chi connectivity index (χ1n) is 11.8. The van der Waals surface area contributed by atoms with Crippen molar-refractivity contribution in [2.24, 2.45) is 11.8 Å². The van der Waals surface area contributed by atoms with Crippen LogP contribution < -0.4 is 5.32 Å². The molecule has 4 atom stereocenters. The lowest BCUT2D eigenvalue weighted by molar-refractivity contribution is -0.134. The van der Waals surface area contributed by atoms with Crippen LogP contribution in [0.3, 0.4) is 0 Å². The fourth-order valence-electron chi connectivity index (χ4n) is 5.13. The molecule has 0 spiro atoms. The van der Waals surface area contributed by atoms with Crippen LogP contribution in [0.2, 0.25) is 0 Å². The van der Waals surface area contributed by atoms with E-state index in [-0.39, 0.29) is 18.6 Å². The van der Waals surface area contributed by atoms with Gasteiger partial charge in [0.25, 0.3) is 0 Å². The Morgan fingerprint density at radius 1 is 1.16 bits per heavy atom. The lowest BCUT2D eigenvalue weighted by Gasteiger charge is -2.46. The fraction of sp³-hybridized carbons (Fsp3) is 0.680. The lowest BCUT2D eigenvalue weighted by atomic mass is 9.74. The van der Waals surface area contributed by atoms with Gasteiger partial charge in [-0.15, -0.1) is 0 Å². The molecule has 6 heteroatoms. The zero-order chi connectivity index (χ0) is 22.5. The van der Waals surface area contributed by atoms with Crippen LogP contribution >= 0.6 is 0 Å². The molecular weight excluding hydrogens is 390 g/mol. The molecule has 1 saturated heterocycles. The Morgan fingerprint density at radius 2 is 1.87 bits per heavy atom. The maximum atomic E-state index is 13.2. The molecule has 172 valence electrons. The summed E-state index contributed by atoms with van der Waals surface area (Å²) < 4.78 is 5.31. The number of benzene rings is 1. The Kier molecular flexibility index (Phi) is 7.98. The maximum absolute atomic E-state index is 13.2. The van der Waals surface area contributed by atoms with Gasteiger partial charge in [-0.2, -0.15) is 0 Å². The zero-order valence-corrected chi connectivity index (χ0v) is 19.7. The van der Waals surface area contributed by atoms with E-state index in [0.29, 0.717) is 36.9 Å². The average Bonchev–Trinajstić information content (AvgIpc) is 3.11. The summed E-state index contributed by atoms with van der Waals surface area (Å²) in [5.41, 5.74) is 0.930. The van der Waals surface area contributed by atoms with Gasteiger partial charge in [0.2, 0.25) is 5.91 Å². The summed E-state index contributed by atoms with van der Waals surface area (Å²) in [5, 5.41) is 2.79. The number of hydrogen-bond acceptors (Lipinski definition) is 4. The first-order chi connectivity index (χ1) is 14.8. The molecule has 1 heterocycles. The molecule has 31 heavy (non-hydrogen) atoms. The first-order valence-corrected chi connectivity index (χ1v) is 11.8. The summed E-state index contributed by atoms with van der Waals surface area (Å²) in [6.07, 6.45) is 3.39. The van der Waals surface area contributed by atoms with Gasteiger partial charge in [-0.3, -0.25) is 4.79 Å². The van der Waals surface area contributed by atoms with E-state index in [2.05, 4.69) is 45.0 Å². The van der Waals surface area contributed by atoms with E-state index in [9.17, 15) is 9.59 Å². The van der Waals surface area contributed by atoms with E-state index < -0.39 is 12.1 Å². The number of carbonyl (C=O) groups excluding carboxylic acids is 2. The van der Waals surface area contributed by atoms with Crippen molar-refractivity contribution in [3.05, 3.63) is 35.9 Å². The number of ether oxygens (including phenoxy) is 1. The quantitative estimate of drug-likeness (QED) is 0.710.